The van der Waals surface area contributed by atoms with Crippen LogP contribution in [0, 0.1) is 17.8 Å². The van der Waals surface area contributed by atoms with Crippen LogP contribution in [-0.4, -0.2) is 47.7 Å². The van der Waals surface area contributed by atoms with E-state index in [0.29, 0.717) is 6.42 Å². The number of hydrogen-bond acceptors (Lipinski definition) is 6. The Morgan fingerprint density at radius 1 is 0.591 bits per heavy atom. The molecule has 0 heterocycles. The predicted octanol–water partition coefficient (Wildman–Crippen LogP) is 4.27. The van der Waals surface area contributed by atoms with Crippen molar-refractivity contribution in [3.8, 4) is 0 Å². The Hall–Kier alpha value is -4.21. The fourth-order valence-corrected chi connectivity index (χ4v) is 4.58. The van der Waals surface area contributed by atoms with Crippen LogP contribution in [0.4, 0.5) is 4.79 Å². The molecule has 10 heteroatoms. The summed E-state index contributed by atoms with van der Waals surface area (Å²) in [6.07, 6.45) is 0.103. The lowest BCUT2D eigenvalue weighted by Gasteiger charge is -2.27. The van der Waals surface area contributed by atoms with Crippen LogP contribution < -0.4 is 21.3 Å². The average Bonchev–Trinajstić information content (AvgIpc) is 2.97. The minimum Gasteiger partial charge on any atom is -0.445 e. The summed E-state index contributed by atoms with van der Waals surface area (Å²) < 4.78 is 5.31. The molecule has 0 saturated heterocycles. The van der Waals surface area contributed by atoms with Crippen molar-refractivity contribution in [1.29, 1.82) is 0 Å². The topological polar surface area (TPSA) is 143 Å². The zero-order valence-electron chi connectivity index (χ0n) is 26.7. The summed E-state index contributed by atoms with van der Waals surface area (Å²) in [5.41, 5.74) is 1.65. The summed E-state index contributed by atoms with van der Waals surface area (Å²) in [5, 5.41) is 10.8. The lowest BCUT2D eigenvalue weighted by Crippen LogP contribution is -2.57. The third kappa shape index (κ3) is 13.4. The molecule has 2 rings (SSSR count). The van der Waals surface area contributed by atoms with Gasteiger partial charge in [-0.2, -0.15) is 0 Å². The van der Waals surface area contributed by atoms with Gasteiger partial charge in [-0.05, 0) is 48.1 Å². The van der Waals surface area contributed by atoms with E-state index in [1.54, 1.807) is 0 Å². The van der Waals surface area contributed by atoms with Gasteiger partial charge in [0.25, 0.3) is 5.91 Å². The van der Waals surface area contributed by atoms with Crippen LogP contribution >= 0.6 is 0 Å². The van der Waals surface area contributed by atoms with Gasteiger partial charge >= 0.3 is 6.09 Å². The summed E-state index contributed by atoms with van der Waals surface area (Å²) in [6, 6.07) is 15.4. The molecule has 0 aliphatic carbocycles. The Kier molecular flexibility index (Phi) is 15.1. The number of amides is 4. The molecule has 4 amide bonds. The van der Waals surface area contributed by atoms with Crippen LogP contribution in [-0.2, 0) is 37.1 Å². The van der Waals surface area contributed by atoms with E-state index in [9.17, 15) is 24.0 Å². The molecule has 2 aromatic rings. The van der Waals surface area contributed by atoms with E-state index in [1.807, 2.05) is 102 Å². The lowest BCUT2D eigenvalue weighted by atomic mass is 9.97. The Balaban J connectivity index is 2.11. The molecule has 0 radical (unpaired) electrons. The van der Waals surface area contributed by atoms with Crippen LogP contribution in [0.1, 0.15) is 71.9 Å². The molecule has 0 spiro atoms. The Labute approximate surface area is 261 Å². The van der Waals surface area contributed by atoms with E-state index in [1.165, 1.54) is 0 Å². The quantitative estimate of drug-likeness (QED) is 0.198. The van der Waals surface area contributed by atoms with Gasteiger partial charge in [-0.1, -0.05) is 102 Å². The van der Waals surface area contributed by atoms with E-state index in [0.717, 1.165) is 11.1 Å². The Bertz CT molecular complexity index is 1220. The highest BCUT2D eigenvalue weighted by Crippen LogP contribution is 2.12. The zero-order chi connectivity index (χ0) is 32.6. The number of Topliss-reactive ketones (excluding diaryl/α,β-unsaturated/α-hetero) is 1. The van der Waals surface area contributed by atoms with Crippen molar-refractivity contribution in [2.45, 2.75) is 92.1 Å². The fourth-order valence-electron chi connectivity index (χ4n) is 4.58. The molecule has 0 aliphatic heterocycles. The number of benzene rings is 2. The lowest BCUT2D eigenvalue weighted by molar-refractivity contribution is -0.141. The summed E-state index contributed by atoms with van der Waals surface area (Å²) in [5.74, 6) is -2.57. The number of nitrogens with one attached hydrogen (secondary N) is 4. The zero-order valence-corrected chi connectivity index (χ0v) is 26.7. The first-order valence-electron chi connectivity index (χ1n) is 15.3. The van der Waals surface area contributed by atoms with E-state index in [4.69, 9.17) is 4.74 Å². The van der Waals surface area contributed by atoms with E-state index in [-0.39, 0.29) is 43.7 Å². The van der Waals surface area contributed by atoms with Crippen LogP contribution in [0.3, 0.4) is 0 Å². The van der Waals surface area contributed by atoms with Gasteiger partial charge in [-0.15, -0.1) is 0 Å². The summed E-state index contributed by atoms with van der Waals surface area (Å²) in [6.45, 7) is 11.7. The molecule has 240 valence electrons. The van der Waals surface area contributed by atoms with E-state index in [2.05, 4.69) is 21.3 Å². The molecule has 44 heavy (non-hydrogen) atoms. The van der Waals surface area contributed by atoms with Crippen LogP contribution in [0.2, 0.25) is 0 Å². The molecule has 2 aromatic carbocycles. The molecule has 4 N–H and O–H groups in total. The largest absolute Gasteiger partial charge is 0.445 e. The summed E-state index contributed by atoms with van der Waals surface area (Å²) >= 11 is 0. The highest BCUT2D eigenvalue weighted by atomic mass is 16.5. The highest BCUT2D eigenvalue weighted by molar-refractivity contribution is 6.38. The van der Waals surface area contributed by atoms with E-state index < -0.39 is 47.7 Å². The second-order valence-corrected chi connectivity index (χ2v) is 12.3. The Morgan fingerprint density at radius 3 is 1.52 bits per heavy atom. The standard InChI is InChI=1S/C34H48N4O6/c1-22(2)17-27(30(39)33(42)35-20-25-13-9-7-10-14-25)36-31(40)28(18-23(3)4)37-32(41)29(19-24(5)6)38-34(43)44-21-26-15-11-8-12-16-26/h7-16,22-24,27-29H,17-21H2,1-6H3,(H,35,42)(H,36,40)(H,37,41)(H,38,43)/t27-,28-,29-/m0/s1. The summed E-state index contributed by atoms with van der Waals surface area (Å²) in [7, 11) is 0. The van der Waals surface area contributed by atoms with Gasteiger partial charge < -0.3 is 26.0 Å². The van der Waals surface area contributed by atoms with Crippen molar-refractivity contribution < 1.29 is 28.7 Å². The average molecular weight is 609 g/mol. The van der Waals surface area contributed by atoms with Gasteiger partial charge in [-0.3, -0.25) is 19.2 Å². The van der Waals surface area contributed by atoms with Crippen molar-refractivity contribution in [2.75, 3.05) is 0 Å². The van der Waals surface area contributed by atoms with Crippen molar-refractivity contribution in [3.63, 3.8) is 0 Å². The van der Waals surface area contributed by atoms with Gasteiger partial charge in [0.1, 0.15) is 18.7 Å². The maximum atomic E-state index is 13.5. The third-order valence-electron chi connectivity index (χ3n) is 6.73. The maximum absolute atomic E-state index is 13.5. The van der Waals surface area contributed by atoms with Crippen LogP contribution in [0.5, 0.6) is 0 Å². The predicted molar refractivity (Wildman–Crippen MR) is 169 cm³/mol. The third-order valence-corrected chi connectivity index (χ3v) is 6.73. The smallest absolute Gasteiger partial charge is 0.408 e. The van der Waals surface area contributed by atoms with Crippen LogP contribution in [0.25, 0.3) is 0 Å². The number of ether oxygens (including phenoxy) is 1. The maximum Gasteiger partial charge on any atom is 0.408 e. The molecule has 0 bridgehead atoms. The molecular weight excluding hydrogens is 560 g/mol. The monoisotopic (exact) mass is 608 g/mol. The molecule has 0 saturated carbocycles. The van der Waals surface area contributed by atoms with Gasteiger partial charge in [0, 0.05) is 6.54 Å². The first-order chi connectivity index (χ1) is 20.8. The molecular formula is C34H48N4O6. The number of rotatable bonds is 17. The number of carbonyl (C=O) groups is 5. The highest BCUT2D eigenvalue weighted by Gasteiger charge is 2.32. The Morgan fingerprint density at radius 2 is 1.02 bits per heavy atom. The second kappa shape index (κ2) is 18.5. The van der Waals surface area contributed by atoms with Crippen molar-refractivity contribution in [3.05, 3.63) is 71.8 Å². The number of ketones is 1. The molecule has 3 atom stereocenters. The van der Waals surface area contributed by atoms with Crippen molar-refractivity contribution in [2.24, 2.45) is 17.8 Å². The first-order valence-corrected chi connectivity index (χ1v) is 15.3. The van der Waals surface area contributed by atoms with Crippen LogP contribution in [0.15, 0.2) is 60.7 Å². The molecule has 0 aromatic heterocycles. The van der Waals surface area contributed by atoms with E-state index >= 15 is 0 Å². The fraction of sp³-hybridized carbons (Fsp3) is 0.500. The van der Waals surface area contributed by atoms with Gasteiger partial charge in [0.05, 0.1) is 6.04 Å². The number of alkyl carbamates (subject to hydrolysis) is 1. The SMILES string of the molecule is CC(C)C[C@H](NC(=O)OCc1ccccc1)C(=O)N[C@@H](CC(C)C)C(=O)N[C@@H](CC(C)C)C(=O)C(=O)NCc1ccccc1. The number of carbonyl (C=O) groups excluding carboxylic acids is 5. The minimum atomic E-state index is -1.07. The molecule has 10 nitrogen and oxygen atoms in total. The van der Waals surface area contributed by atoms with Crippen molar-refractivity contribution >= 4 is 29.6 Å². The minimum absolute atomic E-state index is 0.00540. The van der Waals surface area contributed by atoms with Gasteiger partial charge in [0.2, 0.25) is 17.6 Å². The van der Waals surface area contributed by atoms with Gasteiger partial charge in [-0.25, -0.2) is 4.79 Å². The normalized spacial score (nSPS) is 13.1. The molecule has 0 unspecified atom stereocenters. The second-order valence-electron chi connectivity index (χ2n) is 12.3. The van der Waals surface area contributed by atoms with Gasteiger partial charge in [0.15, 0.2) is 0 Å². The first kappa shape index (κ1) is 36.0. The molecule has 0 aliphatic rings. The molecule has 0 fully saturated rings. The number of hydrogen-bond donors (Lipinski definition) is 4. The van der Waals surface area contributed by atoms with Crippen molar-refractivity contribution in [1.82, 2.24) is 21.3 Å². The summed E-state index contributed by atoms with van der Waals surface area (Å²) in [4.78, 5) is 65.4.